The fourth-order valence-electron chi connectivity index (χ4n) is 0.119. The Morgan fingerprint density at radius 3 is 1.50 bits per heavy atom. The summed E-state index contributed by atoms with van der Waals surface area (Å²) in [7, 11) is -5.49. The molecular weight excluding hydrogens is 257 g/mol. The third-order valence-corrected chi connectivity index (χ3v) is 2.33. The van der Waals surface area contributed by atoms with Crippen molar-refractivity contribution in [3.05, 3.63) is 0 Å². The first-order valence-corrected chi connectivity index (χ1v) is 5.36. The van der Waals surface area contributed by atoms with Crippen LogP contribution in [0.5, 0.6) is 0 Å². The maximum Gasteiger partial charge on any atom is 0.229 e. The Kier molecular flexibility index (Phi) is 5.77. The molecule has 6 nitrogen and oxygen atoms in total. The largest absolute Gasteiger partial charge is 0.790 e. The normalized spacial score (nSPS) is 17.2. The van der Waals surface area contributed by atoms with Crippen LogP contribution in [-0.4, -0.2) is 0 Å². The molecule has 0 saturated heterocycles. The summed E-state index contributed by atoms with van der Waals surface area (Å²) in [6.07, 6.45) is 0. The molecule has 67 valence electrons. The number of halogens is 1. The predicted octanol–water partition coefficient (Wildman–Crippen LogP) is -1.46. The molecule has 1 atom stereocenters. The maximum absolute atomic E-state index is 9.65. The molecule has 0 saturated carbocycles. The second-order valence-electron chi connectivity index (χ2n) is 0.959. The molecular formula is ClCuO6P2-3. The Bertz CT molecular complexity index is 156. The summed E-state index contributed by atoms with van der Waals surface area (Å²) in [6, 6.07) is 0. The third-order valence-electron chi connectivity index (χ3n) is 0.198. The fourth-order valence-corrected chi connectivity index (χ4v) is 1.76. The number of rotatable bonds is 2. The van der Waals surface area contributed by atoms with E-state index in [1.54, 1.807) is 0 Å². The SMILES string of the molecule is O=P([O-])([O-])OP(=O)([O-])Cl.[Cu]. The van der Waals surface area contributed by atoms with E-state index in [-0.39, 0.29) is 17.1 Å². The quantitative estimate of drug-likeness (QED) is 0.441. The van der Waals surface area contributed by atoms with E-state index in [2.05, 4.69) is 15.6 Å². The minimum Gasteiger partial charge on any atom is -0.790 e. The third kappa shape index (κ3) is 11.9. The first-order chi connectivity index (χ1) is 3.71. The molecule has 1 radical (unpaired) electrons. The molecule has 0 bridgehead atoms. The first-order valence-electron chi connectivity index (χ1n) is 1.45. The molecule has 10 heavy (non-hydrogen) atoms. The molecule has 0 aromatic carbocycles. The molecule has 0 fully saturated rings. The molecule has 10 heteroatoms. The van der Waals surface area contributed by atoms with Crippen molar-refractivity contribution < 1.29 is 45.2 Å². The van der Waals surface area contributed by atoms with E-state index < -0.39 is 14.8 Å². The van der Waals surface area contributed by atoms with Crippen molar-refractivity contribution in [3.63, 3.8) is 0 Å². The summed E-state index contributed by atoms with van der Waals surface area (Å²) >= 11 is 4.22. The van der Waals surface area contributed by atoms with Gasteiger partial charge in [0.2, 0.25) is 6.95 Å². The molecule has 0 aliphatic carbocycles. The van der Waals surface area contributed by atoms with E-state index in [0.29, 0.717) is 0 Å². The molecule has 0 amide bonds. The van der Waals surface area contributed by atoms with E-state index in [9.17, 15) is 23.8 Å². The van der Waals surface area contributed by atoms with Gasteiger partial charge in [0.25, 0.3) is 0 Å². The van der Waals surface area contributed by atoms with E-state index in [1.807, 2.05) is 0 Å². The van der Waals surface area contributed by atoms with Crippen LogP contribution in [0.2, 0.25) is 0 Å². The smallest absolute Gasteiger partial charge is 0.229 e. The van der Waals surface area contributed by atoms with E-state index in [4.69, 9.17) is 0 Å². The summed E-state index contributed by atoms with van der Waals surface area (Å²) in [4.78, 5) is 28.5. The molecule has 0 aliphatic rings. The van der Waals surface area contributed by atoms with Crippen LogP contribution in [-0.2, 0) is 30.5 Å². The zero-order valence-electron chi connectivity index (χ0n) is 4.02. The average Bonchev–Trinajstić information content (AvgIpc) is 1.14. The van der Waals surface area contributed by atoms with Crippen molar-refractivity contribution in [2.45, 2.75) is 0 Å². The van der Waals surface area contributed by atoms with Gasteiger partial charge in [0, 0.05) is 17.1 Å². The van der Waals surface area contributed by atoms with Crippen LogP contribution in [0.1, 0.15) is 0 Å². The topological polar surface area (TPSA) is 113 Å². The van der Waals surface area contributed by atoms with Gasteiger partial charge < -0.3 is 19.2 Å². The van der Waals surface area contributed by atoms with Gasteiger partial charge in [0.15, 0.2) is 0 Å². The Labute approximate surface area is 71.6 Å². The predicted molar refractivity (Wildman–Crippen MR) is 22.2 cm³/mol. The van der Waals surface area contributed by atoms with Crippen LogP contribution >= 0.6 is 26.0 Å². The molecule has 0 heterocycles. The summed E-state index contributed by atoms with van der Waals surface area (Å²) in [5, 5.41) is 0. The van der Waals surface area contributed by atoms with Gasteiger partial charge >= 0.3 is 0 Å². The van der Waals surface area contributed by atoms with Crippen molar-refractivity contribution in [3.8, 4) is 0 Å². The van der Waals surface area contributed by atoms with Crippen LogP contribution in [0, 0.1) is 0 Å². The van der Waals surface area contributed by atoms with Gasteiger partial charge in [0.1, 0.15) is 0 Å². The second kappa shape index (κ2) is 4.21. The Morgan fingerprint density at radius 1 is 1.20 bits per heavy atom. The van der Waals surface area contributed by atoms with Gasteiger partial charge in [-0.05, 0) is 11.2 Å². The average molecular weight is 257 g/mol. The summed E-state index contributed by atoms with van der Waals surface area (Å²) < 4.78 is 21.9. The van der Waals surface area contributed by atoms with Gasteiger partial charge in [-0.2, -0.15) is 0 Å². The zero-order valence-corrected chi connectivity index (χ0v) is 7.51. The number of phosphoric acid groups is 1. The minimum atomic E-state index is -5.49. The second-order valence-corrected chi connectivity index (χ2v) is 4.61. The maximum atomic E-state index is 9.65. The van der Waals surface area contributed by atoms with Gasteiger partial charge in [-0.15, -0.1) is 0 Å². The minimum absolute atomic E-state index is 0. The standard InChI is InChI=1S/ClH3O6P2.Cu/c1-8(2,3)7-9(4,5)6;/h(H,2,3)(H2,4,5,6);/p-3. The molecule has 0 aromatic heterocycles. The van der Waals surface area contributed by atoms with Crippen molar-refractivity contribution in [1.29, 1.82) is 0 Å². The van der Waals surface area contributed by atoms with Crippen LogP contribution in [0.15, 0.2) is 0 Å². The molecule has 0 aromatic rings. The van der Waals surface area contributed by atoms with E-state index in [0.717, 1.165) is 0 Å². The first kappa shape index (κ1) is 13.7. The fraction of sp³-hybridized carbons (Fsp3) is 0. The van der Waals surface area contributed by atoms with Crippen molar-refractivity contribution >= 4 is 26.0 Å². The van der Waals surface area contributed by atoms with Gasteiger partial charge in [-0.25, -0.2) is 0 Å². The Morgan fingerprint density at radius 2 is 1.50 bits per heavy atom. The Hall–Kier alpha value is 1.11. The van der Waals surface area contributed by atoms with Crippen molar-refractivity contribution in [1.82, 2.24) is 0 Å². The molecule has 0 spiro atoms. The van der Waals surface area contributed by atoms with Crippen LogP contribution in [0.4, 0.5) is 0 Å². The van der Waals surface area contributed by atoms with Crippen LogP contribution < -0.4 is 14.7 Å². The van der Waals surface area contributed by atoms with Gasteiger partial charge in [-0.1, -0.05) is 0 Å². The van der Waals surface area contributed by atoms with Gasteiger partial charge in [0.05, 0.1) is 7.82 Å². The zero-order chi connectivity index (χ0) is 7.71. The monoisotopic (exact) mass is 256 g/mol. The van der Waals surface area contributed by atoms with Crippen molar-refractivity contribution in [2.24, 2.45) is 0 Å². The summed E-state index contributed by atoms with van der Waals surface area (Å²) in [5.41, 5.74) is 0. The van der Waals surface area contributed by atoms with Gasteiger partial charge in [-0.3, -0.25) is 8.88 Å². The Balaban J connectivity index is 0. The molecule has 0 aliphatic heterocycles. The molecule has 0 rings (SSSR count). The summed E-state index contributed by atoms with van der Waals surface area (Å²) in [6.45, 7) is -4.95. The van der Waals surface area contributed by atoms with Crippen LogP contribution in [0.3, 0.4) is 0 Å². The molecule has 1 unspecified atom stereocenters. The van der Waals surface area contributed by atoms with E-state index in [1.165, 1.54) is 0 Å². The molecule has 0 N–H and O–H groups in total. The van der Waals surface area contributed by atoms with Crippen LogP contribution in [0.25, 0.3) is 0 Å². The summed E-state index contributed by atoms with van der Waals surface area (Å²) in [5.74, 6) is 0. The number of hydrogen-bond acceptors (Lipinski definition) is 6. The van der Waals surface area contributed by atoms with Crippen molar-refractivity contribution in [2.75, 3.05) is 0 Å². The number of hydrogen-bond donors (Lipinski definition) is 0. The van der Waals surface area contributed by atoms with E-state index >= 15 is 0 Å².